The quantitative estimate of drug-likeness (QED) is 0.773. The number of carbonyl (C=O) groups excluding carboxylic acids is 2. The molecule has 1 heterocycles. The summed E-state index contributed by atoms with van der Waals surface area (Å²) in [6.45, 7) is 0. The maximum absolute atomic E-state index is 12.4. The number of nitrogens with one attached hydrogen (secondary N) is 3. The van der Waals surface area contributed by atoms with Gasteiger partial charge in [0, 0.05) is 23.4 Å². The van der Waals surface area contributed by atoms with Gasteiger partial charge in [-0.05, 0) is 61.5 Å². The van der Waals surface area contributed by atoms with Crippen LogP contribution in [0.5, 0.6) is 0 Å². The van der Waals surface area contributed by atoms with Crippen molar-refractivity contribution in [3.05, 3.63) is 53.6 Å². The molecule has 0 unspecified atom stereocenters. The van der Waals surface area contributed by atoms with Gasteiger partial charge >= 0.3 is 0 Å². The third kappa shape index (κ3) is 3.70. The van der Waals surface area contributed by atoms with Crippen molar-refractivity contribution in [3.8, 4) is 0 Å². The van der Waals surface area contributed by atoms with E-state index in [9.17, 15) is 18.0 Å². The molecule has 0 fully saturated rings. The first-order chi connectivity index (χ1) is 11.9. The lowest BCUT2D eigenvalue weighted by molar-refractivity contribution is -0.116. The minimum atomic E-state index is -3.51. The molecule has 3 N–H and O–H groups in total. The summed E-state index contributed by atoms with van der Waals surface area (Å²) >= 11 is 0. The van der Waals surface area contributed by atoms with Gasteiger partial charge in [-0.25, -0.2) is 13.1 Å². The highest BCUT2D eigenvalue weighted by atomic mass is 32.2. The van der Waals surface area contributed by atoms with E-state index in [0.29, 0.717) is 24.1 Å². The lowest BCUT2D eigenvalue weighted by Crippen LogP contribution is -2.20. The molecule has 8 heteroatoms. The molecule has 0 spiro atoms. The van der Waals surface area contributed by atoms with Gasteiger partial charge in [0.2, 0.25) is 15.9 Å². The van der Waals surface area contributed by atoms with E-state index in [-0.39, 0.29) is 16.7 Å². The standard InChI is InChI=1S/C17H17N3O4S/c1-18-25(23,24)14-6-4-13(5-7-14)19-17(22)12-2-8-15-11(10-12)3-9-16(21)20-15/h2,4-8,10,18H,3,9H2,1H3,(H,19,22)(H,20,21). The van der Waals surface area contributed by atoms with Crippen LogP contribution in [0.15, 0.2) is 47.4 Å². The monoisotopic (exact) mass is 359 g/mol. The lowest BCUT2D eigenvalue weighted by atomic mass is 10.00. The number of sulfonamides is 1. The molecule has 2 aromatic carbocycles. The molecule has 2 aromatic rings. The van der Waals surface area contributed by atoms with Gasteiger partial charge in [-0.2, -0.15) is 0 Å². The fourth-order valence-corrected chi connectivity index (χ4v) is 3.29. The molecule has 25 heavy (non-hydrogen) atoms. The fraction of sp³-hybridized carbons (Fsp3) is 0.176. The molecule has 7 nitrogen and oxygen atoms in total. The summed E-state index contributed by atoms with van der Waals surface area (Å²) in [7, 11) is -2.17. The minimum Gasteiger partial charge on any atom is -0.326 e. The molecule has 0 saturated heterocycles. The van der Waals surface area contributed by atoms with Crippen LogP contribution in [0.25, 0.3) is 0 Å². The van der Waals surface area contributed by atoms with Crippen LogP contribution >= 0.6 is 0 Å². The SMILES string of the molecule is CNS(=O)(=O)c1ccc(NC(=O)c2ccc3c(c2)CCC(=O)N3)cc1. The Morgan fingerprint density at radius 1 is 1.08 bits per heavy atom. The highest BCUT2D eigenvalue weighted by Crippen LogP contribution is 2.24. The molecular weight excluding hydrogens is 342 g/mol. The zero-order valence-corrected chi connectivity index (χ0v) is 14.3. The maximum Gasteiger partial charge on any atom is 0.255 e. The Morgan fingerprint density at radius 2 is 1.80 bits per heavy atom. The highest BCUT2D eigenvalue weighted by Gasteiger charge is 2.17. The first kappa shape index (κ1) is 17.1. The summed E-state index contributed by atoms with van der Waals surface area (Å²) in [5.74, 6) is -0.328. The van der Waals surface area contributed by atoms with Crippen LogP contribution < -0.4 is 15.4 Å². The van der Waals surface area contributed by atoms with Gasteiger partial charge in [0.25, 0.3) is 5.91 Å². The Bertz CT molecular complexity index is 937. The van der Waals surface area contributed by atoms with E-state index in [0.717, 1.165) is 11.3 Å². The Balaban J connectivity index is 1.75. The van der Waals surface area contributed by atoms with Gasteiger partial charge in [0.15, 0.2) is 0 Å². The Kier molecular flexibility index (Phi) is 4.56. The molecule has 0 bridgehead atoms. The lowest BCUT2D eigenvalue weighted by Gasteiger charge is -2.17. The number of benzene rings is 2. The second-order valence-electron chi connectivity index (χ2n) is 5.61. The molecular formula is C17H17N3O4S. The number of rotatable bonds is 4. The van der Waals surface area contributed by atoms with Crippen molar-refractivity contribution in [1.29, 1.82) is 0 Å². The number of hydrogen-bond acceptors (Lipinski definition) is 4. The molecule has 0 aromatic heterocycles. The predicted octanol–water partition coefficient (Wildman–Crippen LogP) is 1.73. The van der Waals surface area contributed by atoms with Crippen molar-refractivity contribution in [1.82, 2.24) is 4.72 Å². The van der Waals surface area contributed by atoms with Gasteiger partial charge in [-0.15, -0.1) is 0 Å². The second kappa shape index (κ2) is 6.66. The van der Waals surface area contributed by atoms with Crippen LogP contribution in [-0.4, -0.2) is 27.3 Å². The Morgan fingerprint density at radius 3 is 2.48 bits per heavy atom. The van der Waals surface area contributed by atoms with Crippen LogP contribution in [0, 0.1) is 0 Å². The van der Waals surface area contributed by atoms with Crippen molar-refractivity contribution in [2.75, 3.05) is 17.7 Å². The van der Waals surface area contributed by atoms with Gasteiger partial charge in [-0.3, -0.25) is 9.59 Å². The van der Waals surface area contributed by atoms with E-state index >= 15 is 0 Å². The van der Waals surface area contributed by atoms with Crippen molar-refractivity contribution in [2.24, 2.45) is 0 Å². The Labute approximate surface area is 145 Å². The van der Waals surface area contributed by atoms with E-state index in [1.807, 2.05) is 0 Å². The maximum atomic E-state index is 12.4. The number of aryl methyl sites for hydroxylation is 1. The third-order valence-electron chi connectivity index (χ3n) is 3.95. The van der Waals surface area contributed by atoms with Crippen LogP contribution in [-0.2, 0) is 21.2 Å². The summed E-state index contributed by atoms with van der Waals surface area (Å²) in [5, 5.41) is 5.50. The summed E-state index contributed by atoms with van der Waals surface area (Å²) < 4.78 is 25.6. The predicted molar refractivity (Wildman–Crippen MR) is 94.0 cm³/mol. The molecule has 0 atom stereocenters. The van der Waals surface area contributed by atoms with Crippen LogP contribution in [0.4, 0.5) is 11.4 Å². The van der Waals surface area contributed by atoms with Crippen molar-refractivity contribution in [3.63, 3.8) is 0 Å². The number of anilines is 2. The molecule has 0 radical (unpaired) electrons. The van der Waals surface area contributed by atoms with E-state index < -0.39 is 10.0 Å². The van der Waals surface area contributed by atoms with E-state index in [4.69, 9.17) is 0 Å². The zero-order valence-electron chi connectivity index (χ0n) is 13.5. The molecule has 3 rings (SSSR count). The number of carbonyl (C=O) groups is 2. The zero-order chi connectivity index (χ0) is 18.0. The Hall–Kier alpha value is -2.71. The molecule has 1 aliphatic rings. The first-order valence-corrected chi connectivity index (χ1v) is 9.15. The fourth-order valence-electron chi connectivity index (χ4n) is 2.56. The first-order valence-electron chi connectivity index (χ1n) is 7.67. The number of amides is 2. The van der Waals surface area contributed by atoms with E-state index in [1.54, 1.807) is 18.2 Å². The van der Waals surface area contributed by atoms with Gasteiger partial charge in [-0.1, -0.05) is 0 Å². The van der Waals surface area contributed by atoms with Crippen LogP contribution in [0.2, 0.25) is 0 Å². The number of hydrogen-bond donors (Lipinski definition) is 3. The average molecular weight is 359 g/mol. The molecule has 1 aliphatic heterocycles. The average Bonchev–Trinajstić information content (AvgIpc) is 2.61. The van der Waals surface area contributed by atoms with Crippen molar-refractivity contribution in [2.45, 2.75) is 17.7 Å². The van der Waals surface area contributed by atoms with Gasteiger partial charge in [0.05, 0.1) is 4.90 Å². The molecule has 0 saturated carbocycles. The molecule has 0 aliphatic carbocycles. The van der Waals surface area contributed by atoms with Gasteiger partial charge in [0.1, 0.15) is 0 Å². The van der Waals surface area contributed by atoms with E-state index in [2.05, 4.69) is 15.4 Å². The van der Waals surface area contributed by atoms with E-state index in [1.165, 1.54) is 31.3 Å². The normalized spacial score (nSPS) is 13.7. The summed E-state index contributed by atoms with van der Waals surface area (Å²) in [5.41, 5.74) is 2.62. The minimum absolute atomic E-state index is 0.0266. The summed E-state index contributed by atoms with van der Waals surface area (Å²) in [6.07, 6.45) is 0.998. The molecule has 2 amide bonds. The second-order valence-corrected chi connectivity index (χ2v) is 7.49. The largest absolute Gasteiger partial charge is 0.326 e. The molecule has 130 valence electrons. The highest BCUT2D eigenvalue weighted by molar-refractivity contribution is 7.89. The summed E-state index contributed by atoms with van der Waals surface area (Å²) in [4.78, 5) is 23.9. The van der Waals surface area contributed by atoms with Crippen molar-refractivity contribution < 1.29 is 18.0 Å². The van der Waals surface area contributed by atoms with Crippen LogP contribution in [0.1, 0.15) is 22.3 Å². The smallest absolute Gasteiger partial charge is 0.255 e. The van der Waals surface area contributed by atoms with Gasteiger partial charge < -0.3 is 10.6 Å². The number of fused-ring (bicyclic) bond motifs is 1. The van der Waals surface area contributed by atoms with Crippen LogP contribution in [0.3, 0.4) is 0 Å². The topological polar surface area (TPSA) is 104 Å². The summed E-state index contributed by atoms with van der Waals surface area (Å²) in [6, 6.07) is 11.0. The third-order valence-corrected chi connectivity index (χ3v) is 5.38. The van der Waals surface area contributed by atoms with Crippen molar-refractivity contribution >= 4 is 33.2 Å².